The predicted octanol–water partition coefficient (Wildman–Crippen LogP) is 2.05. The Bertz CT molecular complexity index is 560. The molecule has 0 saturated carbocycles. The summed E-state index contributed by atoms with van der Waals surface area (Å²) in [7, 11) is 0. The van der Waals surface area contributed by atoms with Crippen molar-refractivity contribution in [1.82, 2.24) is 9.78 Å². The molecule has 0 bridgehead atoms. The molecule has 2 aromatic rings. The number of rotatable bonds is 1. The molecular formula is C11H12FN3O. The summed E-state index contributed by atoms with van der Waals surface area (Å²) >= 11 is 0. The van der Waals surface area contributed by atoms with E-state index in [1.165, 1.54) is 16.8 Å². The maximum Gasteiger partial charge on any atom is 0.250 e. The number of nitrogen functional groups attached to an aromatic ring is 1. The molecule has 0 radical (unpaired) electrons. The van der Waals surface area contributed by atoms with E-state index in [-0.39, 0.29) is 23.0 Å². The molecule has 0 unspecified atom stereocenters. The lowest BCUT2D eigenvalue weighted by atomic mass is 10.2. The van der Waals surface area contributed by atoms with E-state index in [9.17, 15) is 9.18 Å². The fourth-order valence-electron chi connectivity index (χ4n) is 1.57. The number of nitrogens with two attached hydrogens (primary N) is 1. The molecule has 5 heteroatoms. The zero-order valence-electron chi connectivity index (χ0n) is 9.07. The minimum atomic E-state index is -0.460. The monoisotopic (exact) mass is 221 g/mol. The minimum absolute atomic E-state index is 0.0436. The number of nitrogens with zero attached hydrogens (tertiary/aromatic N) is 2. The first kappa shape index (κ1) is 10.6. The van der Waals surface area contributed by atoms with E-state index in [1.54, 1.807) is 19.9 Å². The molecule has 0 amide bonds. The van der Waals surface area contributed by atoms with Crippen LogP contribution in [0.5, 0.6) is 0 Å². The number of hydrogen-bond donors (Lipinski definition) is 1. The van der Waals surface area contributed by atoms with Gasteiger partial charge in [0.2, 0.25) is 5.91 Å². The Morgan fingerprint density at radius 2 is 2.19 bits per heavy atom. The van der Waals surface area contributed by atoms with E-state index in [1.807, 2.05) is 0 Å². The Morgan fingerprint density at radius 3 is 2.81 bits per heavy atom. The smallest absolute Gasteiger partial charge is 0.250 e. The summed E-state index contributed by atoms with van der Waals surface area (Å²) in [6.07, 6.45) is 0. The van der Waals surface area contributed by atoms with Gasteiger partial charge in [0.05, 0.1) is 10.9 Å². The number of halogens is 1. The van der Waals surface area contributed by atoms with Gasteiger partial charge >= 0.3 is 0 Å². The predicted molar refractivity (Wildman–Crippen MR) is 59.6 cm³/mol. The Hall–Kier alpha value is -1.91. The second-order valence-corrected chi connectivity index (χ2v) is 3.92. The first-order chi connectivity index (χ1) is 7.52. The van der Waals surface area contributed by atoms with Crippen LogP contribution in [0.15, 0.2) is 18.2 Å². The van der Waals surface area contributed by atoms with E-state index >= 15 is 0 Å². The molecule has 0 saturated heterocycles. The normalized spacial score (nSPS) is 11.2. The molecule has 0 atom stereocenters. The number of carbonyl (C=O) groups excluding carboxylic acids is 1. The zero-order chi connectivity index (χ0) is 11.9. The van der Waals surface area contributed by atoms with Crippen LogP contribution in [0.3, 0.4) is 0 Å². The molecule has 0 spiro atoms. The Balaban J connectivity index is 2.74. The largest absolute Gasteiger partial charge is 0.382 e. The number of carbonyl (C=O) groups is 1. The van der Waals surface area contributed by atoms with Gasteiger partial charge in [-0.2, -0.15) is 4.68 Å². The molecule has 2 N–H and O–H groups in total. The van der Waals surface area contributed by atoms with Crippen molar-refractivity contribution < 1.29 is 9.18 Å². The molecule has 2 rings (SSSR count). The fourth-order valence-corrected chi connectivity index (χ4v) is 1.57. The number of aromatic nitrogens is 2. The molecule has 0 aliphatic rings. The molecular weight excluding hydrogens is 209 g/mol. The number of fused-ring (bicyclic) bond motifs is 1. The molecule has 1 aromatic carbocycles. The summed E-state index contributed by atoms with van der Waals surface area (Å²) in [6.45, 7) is 3.51. The molecule has 84 valence electrons. The van der Waals surface area contributed by atoms with Gasteiger partial charge in [0.25, 0.3) is 0 Å². The van der Waals surface area contributed by atoms with Gasteiger partial charge in [0, 0.05) is 5.92 Å². The lowest BCUT2D eigenvalue weighted by Gasteiger charge is -2.04. The van der Waals surface area contributed by atoms with Gasteiger partial charge < -0.3 is 5.73 Å². The van der Waals surface area contributed by atoms with E-state index in [0.29, 0.717) is 5.52 Å². The van der Waals surface area contributed by atoms with Gasteiger partial charge in [0.1, 0.15) is 5.82 Å². The third-order valence-corrected chi connectivity index (χ3v) is 2.39. The number of anilines is 1. The molecule has 0 aliphatic carbocycles. The third-order valence-electron chi connectivity index (χ3n) is 2.39. The van der Waals surface area contributed by atoms with E-state index in [4.69, 9.17) is 5.73 Å². The molecule has 0 aliphatic heterocycles. The highest BCUT2D eigenvalue weighted by molar-refractivity contribution is 5.97. The minimum Gasteiger partial charge on any atom is -0.382 e. The van der Waals surface area contributed by atoms with Crippen LogP contribution in [0.4, 0.5) is 10.2 Å². The maximum absolute atomic E-state index is 13.5. The SMILES string of the molecule is CC(C)C(=O)n1nc(N)c2c(F)cccc21. The van der Waals surface area contributed by atoms with Crippen molar-refractivity contribution in [2.75, 3.05) is 5.73 Å². The molecule has 16 heavy (non-hydrogen) atoms. The molecule has 0 fully saturated rings. The van der Waals surface area contributed by atoms with Crippen molar-refractivity contribution in [3.8, 4) is 0 Å². The van der Waals surface area contributed by atoms with E-state index in [0.717, 1.165) is 0 Å². The van der Waals surface area contributed by atoms with Crippen molar-refractivity contribution in [3.63, 3.8) is 0 Å². The summed E-state index contributed by atoms with van der Waals surface area (Å²) in [5.74, 6) is -0.835. The zero-order valence-corrected chi connectivity index (χ0v) is 9.07. The first-order valence-corrected chi connectivity index (χ1v) is 4.99. The van der Waals surface area contributed by atoms with Gasteiger partial charge in [-0.05, 0) is 12.1 Å². The standard InChI is InChI=1S/C11H12FN3O/c1-6(2)11(16)15-8-5-3-4-7(12)9(8)10(13)14-15/h3-6H,1-2H3,(H2,13,14). The summed E-state index contributed by atoms with van der Waals surface area (Å²) in [6, 6.07) is 4.45. The van der Waals surface area contributed by atoms with Crippen molar-refractivity contribution in [2.24, 2.45) is 5.92 Å². The summed E-state index contributed by atoms with van der Waals surface area (Å²) in [4.78, 5) is 11.8. The lowest BCUT2D eigenvalue weighted by Crippen LogP contribution is -2.18. The average molecular weight is 221 g/mol. The third kappa shape index (κ3) is 1.44. The van der Waals surface area contributed by atoms with Gasteiger partial charge in [-0.3, -0.25) is 4.79 Å². The Kier molecular flexibility index (Phi) is 2.38. The van der Waals surface area contributed by atoms with E-state index in [2.05, 4.69) is 5.10 Å². The summed E-state index contributed by atoms with van der Waals surface area (Å²) in [5.41, 5.74) is 6.00. The maximum atomic E-state index is 13.5. The van der Waals surface area contributed by atoms with Gasteiger partial charge in [-0.25, -0.2) is 4.39 Å². The quantitative estimate of drug-likeness (QED) is 0.801. The molecule has 1 aromatic heterocycles. The van der Waals surface area contributed by atoms with Crippen LogP contribution in [0.25, 0.3) is 10.9 Å². The van der Waals surface area contributed by atoms with Gasteiger partial charge in [-0.15, -0.1) is 5.10 Å². The van der Waals surface area contributed by atoms with Crippen LogP contribution in [0.1, 0.15) is 18.6 Å². The average Bonchev–Trinajstić information content (AvgIpc) is 2.56. The molecule has 4 nitrogen and oxygen atoms in total. The number of benzene rings is 1. The van der Waals surface area contributed by atoms with Crippen LogP contribution >= 0.6 is 0 Å². The van der Waals surface area contributed by atoms with Crippen LogP contribution in [0.2, 0.25) is 0 Å². The van der Waals surface area contributed by atoms with Crippen LogP contribution in [-0.2, 0) is 0 Å². The van der Waals surface area contributed by atoms with Crippen LogP contribution < -0.4 is 5.73 Å². The Labute approximate surface area is 91.8 Å². The van der Waals surface area contributed by atoms with Crippen molar-refractivity contribution in [2.45, 2.75) is 13.8 Å². The molecule has 1 heterocycles. The topological polar surface area (TPSA) is 60.9 Å². The summed E-state index contributed by atoms with van der Waals surface area (Å²) in [5, 5.41) is 4.08. The highest BCUT2D eigenvalue weighted by atomic mass is 19.1. The summed E-state index contributed by atoms with van der Waals surface area (Å²) < 4.78 is 14.6. The van der Waals surface area contributed by atoms with Crippen molar-refractivity contribution in [3.05, 3.63) is 24.0 Å². The fraction of sp³-hybridized carbons (Fsp3) is 0.273. The van der Waals surface area contributed by atoms with Gasteiger partial charge in [-0.1, -0.05) is 19.9 Å². The van der Waals surface area contributed by atoms with Crippen molar-refractivity contribution in [1.29, 1.82) is 0 Å². The van der Waals surface area contributed by atoms with E-state index < -0.39 is 5.82 Å². The highest BCUT2D eigenvalue weighted by Gasteiger charge is 2.18. The first-order valence-electron chi connectivity index (χ1n) is 4.99. The lowest BCUT2D eigenvalue weighted by molar-refractivity contribution is 0.0845. The van der Waals surface area contributed by atoms with Gasteiger partial charge in [0.15, 0.2) is 5.82 Å². The van der Waals surface area contributed by atoms with Crippen LogP contribution in [0, 0.1) is 11.7 Å². The van der Waals surface area contributed by atoms with Crippen molar-refractivity contribution >= 4 is 22.6 Å². The highest BCUT2D eigenvalue weighted by Crippen LogP contribution is 2.24. The second-order valence-electron chi connectivity index (χ2n) is 3.92. The second kappa shape index (κ2) is 3.59. The Morgan fingerprint density at radius 1 is 1.50 bits per heavy atom. The number of hydrogen-bond acceptors (Lipinski definition) is 3. The van der Waals surface area contributed by atoms with Crippen LogP contribution in [-0.4, -0.2) is 15.7 Å².